The Kier molecular flexibility index (Phi) is 4.15. The van der Waals surface area contributed by atoms with Gasteiger partial charge in [0.15, 0.2) is 4.64 Å². The van der Waals surface area contributed by atoms with Crippen molar-refractivity contribution < 1.29 is 5.11 Å². The fourth-order valence-electron chi connectivity index (χ4n) is 8.03. The molecule has 2 N–H and O–H groups in total. The molecule has 5 nitrogen and oxygen atoms in total. The van der Waals surface area contributed by atoms with Crippen molar-refractivity contribution in [2.24, 2.45) is 28.6 Å². The van der Waals surface area contributed by atoms with E-state index in [0.717, 1.165) is 35.8 Å². The summed E-state index contributed by atoms with van der Waals surface area (Å²) in [7, 11) is 0. The Morgan fingerprint density at radius 1 is 1.10 bits per heavy atom. The van der Waals surface area contributed by atoms with Crippen LogP contribution in [0.5, 0.6) is 0 Å². The van der Waals surface area contributed by atoms with E-state index < -0.39 is 0 Å². The van der Waals surface area contributed by atoms with Crippen molar-refractivity contribution in [3.8, 4) is 0 Å². The smallest absolute Gasteiger partial charge is 0.157 e. The van der Waals surface area contributed by atoms with Gasteiger partial charge in [-0.15, -0.1) is 0 Å². The molecular weight excluding hydrogens is 392 g/mol. The summed E-state index contributed by atoms with van der Waals surface area (Å²) in [5, 5.41) is 10.7. The van der Waals surface area contributed by atoms with E-state index in [2.05, 4.69) is 39.4 Å². The van der Waals surface area contributed by atoms with Gasteiger partial charge in [-0.05, 0) is 80.0 Å². The first kappa shape index (κ1) is 19.2. The number of H-pyrrole nitrogens is 1. The second kappa shape index (κ2) is 6.49. The van der Waals surface area contributed by atoms with E-state index in [1.54, 1.807) is 11.9 Å². The van der Waals surface area contributed by atoms with Crippen molar-refractivity contribution in [1.29, 1.82) is 0 Å². The largest absolute Gasteiger partial charge is 0.393 e. The van der Waals surface area contributed by atoms with Crippen LogP contribution in [-0.2, 0) is 0 Å². The first-order chi connectivity index (χ1) is 14.4. The van der Waals surface area contributed by atoms with Gasteiger partial charge in [-0.25, -0.2) is 9.97 Å². The zero-order chi connectivity index (χ0) is 20.7. The predicted molar refractivity (Wildman–Crippen MR) is 119 cm³/mol. The zero-order valence-electron chi connectivity index (χ0n) is 18.0. The minimum Gasteiger partial charge on any atom is -0.393 e. The molecule has 2 aromatic heterocycles. The van der Waals surface area contributed by atoms with Crippen molar-refractivity contribution in [2.45, 2.75) is 77.4 Å². The molecule has 0 radical (unpaired) electrons. The average Bonchev–Trinajstić information content (AvgIpc) is 3.30. The van der Waals surface area contributed by atoms with E-state index in [0.29, 0.717) is 22.0 Å². The second-order valence-corrected chi connectivity index (χ2v) is 11.2. The molecule has 0 bridgehead atoms. The average molecular weight is 425 g/mol. The van der Waals surface area contributed by atoms with Crippen LogP contribution in [0.15, 0.2) is 24.3 Å². The number of aliphatic hydroxyl groups is 1. The van der Waals surface area contributed by atoms with Crippen LogP contribution in [0.25, 0.3) is 11.2 Å². The van der Waals surface area contributed by atoms with Crippen molar-refractivity contribution in [3.63, 3.8) is 0 Å². The first-order valence-electron chi connectivity index (χ1n) is 11.7. The molecule has 2 aromatic rings. The number of rotatable bonds is 1. The highest BCUT2D eigenvalue weighted by Crippen LogP contribution is 2.65. The molecule has 0 saturated heterocycles. The Morgan fingerprint density at radius 2 is 1.97 bits per heavy atom. The summed E-state index contributed by atoms with van der Waals surface area (Å²) in [6, 6.07) is 0.338. The minimum absolute atomic E-state index is 0.0848. The predicted octanol–water partition coefficient (Wildman–Crippen LogP) is 5.35. The summed E-state index contributed by atoms with van der Waals surface area (Å²) < 4.78 is 2.83. The highest BCUT2D eigenvalue weighted by molar-refractivity contribution is 7.71. The van der Waals surface area contributed by atoms with Crippen LogP contribution >= 0.6 is 12.2 Å². The summed E-state index contributed by atoms with van der Waals surface area (Å²) in [4.78, 5) is 12.0. The SMILES string of the molecule is C[C@]12CC[C@H]3[C@@H](CCC4=C[C@H](n5cnc6c(=S)nc[nH]c65)CC[C@@]43C)[C@@H]1CC[C@@H]2O. The lowest BCUT2D eigenvalue weighted by Crippen LogP contribution is -2.51. The van der Waals surface area contributed by atoms with E-state index >= 15 is 0 Å². The number of nitrogens with one attached hydrogen (secondary N) is 1. The van der Waals surface area contributed by atoms with Crippen molar-refractivity contribution >= 4 is 23.4 Å². The highest BCUT2D eigenvalue weighted by Gasteiger charge is 2.58. The molecule has 4 aliphatic carbocycles. The van der Waals surface area contributed by atoms with Gasteiger partial charge < -0.3 is 14.7 Å². The van der Waals surface area contributed by atoms with Gasteiger partial charge in [-0.2, -0.15) is 0 Å². The van der Waals surface area contributed by atoms with Gasteiger partial charge >= 0.3 is 0 Å². The summed E-state index contributed by atoms with van der Waals surface area (Å²) in [6.45, 7) is 4.92. The highest BCUT2D eigenvalue weighted by atomic mass is 32.1. The molecule has 160 valence electrons. The summed E-state index contributed by atoms with van der Waals surface area (Å²) in [5.74, 6) is 2.28. The maximum absolute atomic E-state index is 10.7. The van der Waals surface area contributed by atoms with E-state index in [9.17, 15) is 5.11 Å². The molecule has 0 amide bonds. The van der Waals surface area contributed by atoms with Gasteiger partial charge in [-0.1, -0.05) is 37.7 Å². The number of allylic oxidation sites excluding steroid dienone is 2. The monoisotopic (exact) mass is 424 g/mol. The van der Waals surface area contributed by atoms with Crippen LogP contribution in [0.3, 0.4) is 0 Å². The number of aromatic nitrogens is 4. The topological polar surface area (TPSA) is 66.7 Å². The van der Waals surface area contributed by atoms with Crippen LogP contribution in [0.1, 0.15) is 71.3 Å². The Labute approximate surface area is 183 Å². The number of hydrogen-bond acceptors (Lipinski definition) is 4. The van der Waals surface area contributed by atoms with Crippen molar-refractivity contribution in [3.05, 3.63) is 28.9 Å². The van der Waals surface area contributed by atoms with Crippen LogP contribution < -0.4 is 0 Å². The Hall–Kier alpha value is -1.53. The molecule has 7 atom stereocenters. The van der Waals surface area contributed by atoms with Gasteiger partial charge in [0, 0.05) is 0 Å². The van der Waals surface area contributed by atoms with Crippen LogP contribution in [-0.4, -0.2) is 30.7 Å². The molecule has 2 heterocycles. The van der Waals surface area contributed by atoms with E-state index in [1.165, 1.54) is 38.5 Å². The number of aromatic amines is 1. The number of aliphatic hydroxyl groups excluding tert-OH is 1. The second-order valence-electron chi connectivity index (χ2n) is 10.8. The van der Waals surface area contributed by atoms with Crippen molar-refractivity contribution in [1.82, 2.24) is 19.5 Å². The van der Waals surface area contributed by atoms with E-state index in [4.69, 9.17) is 12.2 Å². The molecule has 0 unspecified atom stereocenters. The fraction of sp³-hybridized carbons (Fsp3) is 0.708. The Bertz CT molecular complexity index is 1090. The van der Waals surface area contributed by atoms with E-state index in [1.807, 2.05) is 6.33 Å². The van der Waals surface area contributed by atoms with E-state index in [-0.39, 0.29) is 11.5 Å². The molecular formula is C24H32N4OS. The van der Waals surface area contributed by atoms with Gasteiger partial charge in [0.2, 0.25) is 0 Å². The minimum atomic E-state index is -0.0848. The van der Waals surface area contributed by atoms with Crippen LogP contribution in [0.2, 0.25) is 0 Å². The summed E-state index contributed by atoms with van der Waals surface area (Å²) in [6.07, 6.45) is 15.7. The molecule has 0 aromatic carbocycles. The lowest BCUT2D eigenvalue weighted by atomic mass is 9.47. The quantitative estimate of drug-likeness (QED) is 0.478. The fourth-order valence-corrected chi connectivity index (χ4v) is 8.23. The van der Waals surface area contributed by atoms with Gasteiger partial charge in [0.1, 0.15) is 11.2 Å². The molecule has 0 aliphatic heterocycles. The maximum Gasteiger partial charge on any atom is 0.157 e. The van der Waals surface area contributed by atoms with Gasteiger partial charge in [0.25, 0.3) is 0 Å². The van der Waals surface area contributed by atoms with Crippen LogP contribution in [0, 0.1) is 33.2 Å². The lowest BCUT2D eigenvalue weighted by Gasteiger charge is -2.58. The molecule has 30 heavy (non-hydrogen) atoms. The Balaban J connectivity index is 1.34. The van der Waals surface area contributed by atoms with Crippen LogP contribution in [0.4, 0.5) is 0 Å². The first-order valence-corrected chi connectivity index (χ1v) is 12.1. The van der Waals surface area contributed by atoms with Gasteiger partial charge in [0.05, 0.1) is 24.8 Å². The number of hydrogen-bond donors (Lipinski definition) is 2. The summed E-state index contributed by atoms with van der Waals surface area (Å²) >= 11 is 5.36. The molecule has 3 fully saturated rings. The third-order valence-electron chi connectivity index (χ3n) is 9.78. The Morgan fingerprint density at radius 3 is 2.83 bits per heavy atom. The van der Waals surface area contributed by atoms with Gasteiger partial charge in [-0.3, -0.25) is 0 Å². The molecule has 6 heteroatoms. The standard InChI is InChI=1S/C24H32N4OS/c1-23-9-7-15(28-13-27-20-21(28)25-12-26-22(20)30)11-14(23)3-4-16-17-5-6-19(29)24(17,2)10-8-18(16)23/h11-13,15-19,29H,3-10H2,1-2H3,(H,25,26,30)/t15-,16+,17+,18+,19+,23+,24+/m1/s1. The number of fused-ring (bicyclic) bond motifs is 6. The molecule has 0 spiro atoms. The summed E-state index contributed by atoms with van der Waals surface area (Å²) in [5.41, 5.74) is 3.94. The molecule has 6 rings (SSSR count). The third-order valence-corrected chi connectivity index (χ3v) is 10.1. The molecule has 4 aliphatic rings. The maximum atomic E-state index is 10.7. The number of imidazole rings is 1. The number of nitrogens with zero attached hydrogens (tertiary/aromatic N) is 3. The normalized spacial score (nSPS) is 43.0. The lowest BCUT2D eigenvalue weighted by molar-refractivity contribution is -0.0744. The third kappa shape index (κ3) is 2.46. The van der Waals surface area contributed by atoms with Crippen molar-refractivity contribution in [2.75, 3.05) is 0 Å². The molecule has 3 saturated carbocycles. The zero-order valence-corrected chi connectivity index (χ0v) is 18.8.